The summed E-state index contributed by atoms with van der Waals surface area (Å²) in [7, 11) is 0. The number of rotatable bonds is 5. The first-order valence-corrected chi connectivity index (χ1v) is 9.75. The van der Waals surface area contributed by atoms with Crippen LogP contribution in [0.2, 0.25) is 0 Å². The van der Waals surface area contributed by atoms with Gasteiger partial charge in [-0.15, -0.1) is 0 Å². The van der Waals surface area contributed by atoms with Crippen molar-refractivity contribution in [3.63, 3.8) is 0 Å². The van der Waals surface area contributed by atoms with Gasteiger partial charge in [0.15, 0.2) is 6.61 Å². The molecule has 1 amide bonds. The van der Waals surface area contributed by atoms with Crippen LogP contribution in [0, 0.1) is 0 Å². The molecular weight excluding hydrogens is 364 g/mol. The minimum Gasteiger partial charge on any atom is -0.486 e. The van der Waals surface area contributed by atoms with Gasteiger partial charge in [0.2, 0.25) is 5.91 Å². The molecule has 1 saturated carbocycles. The van der Waals surface area contributed by atoms with E-state index < -0.39 is 12.5 Å². The lowest BCUT2D eigenvalue weighted by Crippen LogP contribution is -2.41. The average molecular weight is 389 g/mol. The first kappa shape index (κ1) is 18.9. The summed E-state index contributed by atoms with van der Waals surface area (Å²) < 4.78 is 34.7. The third-order valence-electron chi connectivity index (χ3n) is 5.39. The Hall–Kier alpha value is -2.44. The van der Waals surface area contributed by atoms with Gasteiger partial charge in [-0.05, 0) is 44.7 Å². The molecular formula is C21H25F2N3O2. The molecule has 1 aliphatic heterocycles. The number of halogens is 2. The predicted octanol–water partition coefficient (Wildman–Crippen LogP) is 4.61. The molecule has 1 aromatic heterocycles. The van der Waals surface area contributed by atoms with Crippen molar-refractivity contribution in [3.8, 4) is 16.9 Å². The molecule has 7 heteroatoms. The summed E-state index contributed by atoms with van der Waals surface area (Å²) in [5, 5.41) is 4.42. The molecule has 5 nitrogen and oxygen atoms in total. The van der Waals surface area contributed by atoms with Crippen molar-refractivity contribution in [2.45, 2.75) is 64.5 Å². The van der Waals surface area contributed by atoms with Crippen LogP contribution >= 0.6 is 0 Å². The molecule has 28 heavy (non-hydrogen) atoms. The second-order valence-electron chi connectivity index (χ2n) is 8.02. The van der Waals surface area contributed by atoms with Crippen molar-refractivity contribution in [2.75, 3.05) is 11.5 Å². The molecule has 2 aromatic rings. The minimum absolute atomic E-state index is 0.0606. The molecule has 1 aromatic carbocycles. The van der Waals surface area contributed by atoms with E-state index in [0.717, 1.165) is 48.6 Å². The lowest BCUT2D eigenvalue weighted by atomic mass is 9.92. The van der Waals surface area contributed by atoms with Crippen LogP contribution in [0.3, 0.4) is 0 Å². The zero-order valence-electron chi connectivity index (χ0n) is 16.4. The zero-order valence-corrected chi connectivity index (χ0v) is 16.4. The number of carbonyl (C=O) groups excluding carboxylic acids is 1. The van der Waals surface area contributed by atoms with Crippen LogP contribution < -0.4 is 9.64 Å². The first-order valence-electron chi connectivity index (χ1n) is 9.75. The Labute approximate surface area is 163 Å². The number of amides is 1. The van der Waals surface area contributed by atoms with Crippen LogP contribution in [0.5, 0.6) is 5.75 Å². The molecule has 1 unspecified atom stereocenters. The number of hydrogen-bond donors (Lipinski definition) is 0. The minimum atomic E-state index is -2.94. The number of carbonyl (C=O) groups is 1. The summed E-state index contributed by atoms with van der Waals surface area (Å²) in [5.74, 6) is -2.57. The molecule has 150 valence electrons. The topological polar surface area (TPSA) is 47.4 Å². The van der Waals surface area contributed by atoms with Gasteiger partial charge in [0.25, 0.3) is 5.92 Å². The Morgan fingerprint density at radius 3 is 2.71 bits per heavy atom. The highest BCUT2D eigenvalue weighted by molar-refractivity contribution is 5.95. The van der Waals surface area contributed by atoms with Gasteiger partial charge in [-0.1, -0.05) is 0 Å². The number of fused-ring (bicyclic) bond motifs is 1. The highest BCUT2D eigenvalue weighted by Gasteiger charge is 2.32. The van der Waals surface area contributed by atoms with Gasteiger partial charge < -0.3 is 9.64 Å². The Balaban J connectivity index is 1.80. The standard InChI is InChI=1S/C21H25F2N3O2/c1-13-4-7-18-19(26(13)14(2)27)9-8-17(20(18)28-12-21(3,22)23)15-10-24-25(11-15)16-5-6-16/h8-11,13,16H,4-7,12H2,1-3H3. The van der Waals surface area contributed by atoms with Gasteiger partial charge in [0.05, 0.1) is 17.9 Å². The van der Waals surface area contributed by atoms with Crippen LogP contribution in [0.25, 0.3) is 11.1 Å². The Bertz CT molecular complexity index is 900. The number of aromatic nitrogens is 2. The lowest BCUT2D eigenvalue weighted by molar-refractivity contribution is -0.117. The maximum Gasteiger partial charge on any atom is 0.278 e. The molecule has 2 aliphatic rings. The summed E-state index contributed by atoms with van der Waals surface area (Å²) in [6.07, 6.45) is 7.37. The zero-order chi connectivity index (χ0) is 20.1. The van der Waals surface area contributed by atoms with Gasteiger partial charge in [-0.3, -0.25) is 9.48 Å². The van der Waals surface area contributed by atoms with Gasteiger partial charge >= 0.3 is 0 Å². The van der Waals surface area contributed by atoms with E-state index in [1.54, 1.807) is 11.1 Å². The van der Waals surface area contributed by atoms with Gasteiger partial charge in [-0.25, -0.2) is 8.78 Å². The van der Waals surface area contributed by atoms with E-state index in [9.17, 15) is 13.6 Å². The SMILES string of the molecule is CC(=O)N1c2ccc(-c3cnn(C4CC4)c3)c(OCC(C)(F)F)c2CCC1C. The van der Waals surface area contributed by atoms with Crippen LogP contribution in [0.1, 0.15) is 51.6 Å². The number of alkyl halides is 2. The highest BCUT2D eigenvalue weighted by Crippen LogP contribution is 2.44. The fraction of sp³-hybridized carbons (Fsp3) is 0.524. The van der Waals surface area contributed by atoms with Crippen LogP contribution in [-0.2, 0) is 11.2 Å². The molecule has 0 spiro atoms. The second kappa shape index (κ2) is 6.87. The van der Waals surface area contributed by atoms with Crippen LogP contribution in [-0.4, -0.2) is 34.3 Å². The maximum absolute atomic E-state index is 13.6. The number of anilines is 1. The molecule has 1 fully saturated rings. The van der Waals surface area contributed by atoms with Crippen LogP contribution in [0.15, 0.2) is 24.5 Å². The van der Waals surface area contributed by atoms with Gasteiger partial charge in [0.1, 0.15) is 5.75 Å². The molecule has 0 radical (unpaired) electrons. The van der Waals surface area contributed by atoms with Gasteiger partial charge in [-0.2, -0.15) is 5.10 Å². The largest absolute Gasteiger partial charge is 0.486 e. The molecule has 0 N–H and O–H groups in total. The fourth-order valence-electron chi connectivity index (χ4n) is 3.89. The predicted molar refractivity (Wildman–Crippen MR) is 103 cm³/mol. The molecule has 1 atom stereocenters. The van der Waals surface area contributed by atoms with Crippen molar-refractivity contribution in [1.82, 2.24) is 9.78 Å². The Morgan fingerprint density at radius 2 is 2.07 bits per heavy atom. The van der Waals surface area contributed by atoms with E-state index in [4.69, 9.17) is 4.74 Å². The van der Waals surface area contributed by atoms with E-state index in [-0.39, 0.29) is 11.9 Å². The van der Waals surface area contributed by atoms with Crippen molar-refractivity contribution in [2.24, 2.45) is 0 Å². The first-order chi connectivity index (χ1) is 13.2. The monoisotopic (exact) mass is 389 g/mol. The summed E-state index contributed by atoms with van der Waals surface area (Å²) in [5.41, 5.74) is 3.15. The molecule has 1 aliphatic carbocycles. The fourth-order valence-corrected chi connectivity index (χ4v) is 3.89. The van der Waals surface area contributed by atoms with E-state index in [0.29, 0.717) is 18.2 Å². The van der Waals surface area contributed by atoms with Crippen molar-refractivity contribution >= 4 is 11.6 Å². The Morgan fingerprint density at radius 1 is 1.32 bits per heavy atom. The molecule has 0 saturated heterocycles. The smallest absolute Gasteiger partial charge is 0.278 e. The van der Waals surface area contributed by atoms with Gasteiger partial charge in [0, 0.05) is 42.8 Å². The third-order valence-corrected chi connectivity index (χ3v) is 5.39. The summed E-state index contributed by atoms with van der Waals surface area (Å²) in [6, 6.07) is 4.25. The molecule has 2 heterocycles. The number of benzene rings is 1. The number of ether oxygens (including phenoxy) is 1. The molecule has 0 bridgehead atoms. The molecule has 4 rings (SSSR count). The number of nitrogens with zero attached hydrogens (tertiary/aromatic N) is 3. The van der Waals surface area contributed by atoms with E-state index in [2.05, 4.69) is 5.10 Å². The maximum atomic E-state index is 13.6. The normalized spacial score (nSPS) is 19.5. The lowest BCUT2D eigenvalue weighted by Gasteiger charge is -2.36. The van der Waals surface area contributed by atoms with Crippen molar-refractivity contribution < 1.29 is 18.3 Å². The Kier molecular flexibility index (Phi) is 4.63. The van der Waals surface area contributed by atoms with Crippen molar-refractivity contribution in [1.29, 1.82) is 0 Å². The quantitative estimate of drug-likeness (QED) is 0.750. The second-order valence-corrected chi connectivity index (χ2v) is 8.02. The summed E-state index contributed by atoms with van der Waals surface area (Å²) in [6.45, 7) is 3.67. The number of hydrogen-bond acceptors (Lipinski definition) is 3. The highest BCUT2D eigenvalue weighted by atomic mass is 19.3. The van der Waals surface area contributed by atoms with Crippen LogP contribution in [0.4, 0.5) is 14.5 Å². The third kappa shape index (κ3) is 3.62. The summed E-state index contributed by atoms with van der Waals surface area (Å²) in [4.78, 5) is 13.9. The average Bonchev–Trinajstić information content (AvgIpc) is 3.35. The van der Waals surface area contributed by atoms with E-state index >= 15 is 0 Å². The van der Waals surface area contributed by atoms with E-state index in [1.165, 1.54) is 6.92 Å². The summed E-state index contributed by atoms with van der Waals surface area (Å²) >= 11 is 0. The van der Waals surface area contributed by atoms with Crippen molar-refractivity contribution in [3.05, 3.63) is 30.1 Å². The van der Waals surface area contributed by atoms with E-state index in [1.807, 2.05) is 29.9 Å².